The van der Waals surface area contributed by atoms with Gasteiger partial charge in [-0.05, 0) is 32.7 Å². The molecule has 0 saturated carbocycles. The van der Waals surface area contributed by atoms with Crippen molar-refractivity contribution in [3.05, 3.63) is 0 Å². The molecule has 5 heteroatoms. The second-order valence-corrected chi connectivity index (χ2v) is 4.69. The quantitative estimate of drug-likeness (QED) is 0.557. The van der Waals surface area contributed by atoms with Gasteiger partial charge in [0.25, 0.3) is 0 Å². The first-order valence-electron chi connectivity index (χ1n) is 6.44. The van der Waals surface area contributed by atoms with Crippen LogP contribution in [0.4, 0.5) is 0 Å². The van der Waals surface area contributed by atoms with Gasteiger partial charge in [-0.3, -0.25) is 9.69 Å². The van der Waals surface area contributed by atoms with Gasteiger partial charge in [0.2, 0.25) is 0 Å². The third kappa shape index (κ3) is 2.77. The fourth-order valence-corrected chi connectivity index (χ4v) is 2.84. The molecule has 0 radical (unpaired) electrons. The number of nitrogens with one attached hydrogen (secondary N) is 1. The Kier molecular flexibility index (Phi) is 3.99. The smallest absolute Gasteiger partial charge is 0.396 e. The van der Waals surface area contributed by atoms with Crippen LogP contribution in [-0.4, -0.2) is 48.6 Å². The van der Waals surface area contributed by atoms with Crippen molar-refractivity contribution in [2.24, 2.45) is 0 Å². The molecule has 17 heavy (non-hydrogen) atoms. The number of carbonyl (C=O) groups excluding carboxylic acids is 2. The van der Waals surface area contributed by atoms with Crippen molar-refractivity contribution in [1.82, 2.24) is 10.2 Å². The Hall–Kier alpha value is -1.10. The Balaban J connectivity index is 1.86. The molecule has 5 nitrogen and oxygen atoms in total. The third-order valence-electron chi connectivity index (χ3n) is 3.63. The van der Waals surface area contributed by atoms with Crippen molar-refractivity contribution in [3.63, 3.8) is 0 Å². The van der Waals surface area contributed by atoms with E-state index in [4.69, 9.17) is 0 Å². The van der Waals surface area contributed by atoms with E-state index in [1.54, 1.807) is 6.92 Å². The molecule has 0 aromatic rings. The predicted octanol–water partition coefficient (Wildman–Crippen LogP) is 0.293. The molecule has 0 aromatic carbocycles. The molecule has 1 N–H and O–H groups in total. The van der Waals surface area contributed by atoms with Crippen LogP contribution in [0.5, 0.6) is 0 Å². The molecule has 0 aromatic heterocycles. The summed E-state index contributed by atoms with van der Waals surface area (Å²) in [7, 11) is 0. The lowest BCUT2D eigenvalue weighted by atomic mass is 9.99. The van der Waals surface area contributed by atoms with E-state index in [1.165, 1.54) is 12.8 Å². The number of carbonyl (C=O) groups is 2. The van der Waals surface area contributed by atoms with Gasteiger partial charge in [-0.15, -0.1) is 0 Å². The summed E-state index contributed by atoms with van der Waals surface area (Å²) in [6.07, 6.45) is 4.52. The van der Waals surface area contributed by atoms with Crippen LogP contribution < -0.4 is 5.32 Å². The van der Waals surface area contributed by atoms with Crippen molar-refractivity contribution >= 4 is 11.9 Å². The zero-order valence-electron chi connectivity index (χ0n) is 10.3. The zero-order valence-corrected chi connectivity index (χ0v) is 10.3. The zero-order chi connectivity index (χ0) is 12.3. The molecule has 2 heterocycles. The van der Waals surface area contributed by atoms with E-state index in [1.807, 2.05) is 0 Å². The van der Waals surface area contributed by atoms with Crippen LogP contribution in [0.2, 0.25) is 0 Å². The minimum Gasteiger partial charge on any atom is -0.459 e. The Morgan fingerprint density at radius 3 is 2.88 bits per heavy atom. The summed E-state index contributed by atoms with van der Waals surface area (Å²) in [5.74, 6) is -1.36. The molecular formula is C12H20N2O3. The molecule has 2 aliphatic rings. The largest absolute Gasteiger partial charge is 0.459 e. The minimum absolute atomic E-state index is 0.118. The Morgan fingerprint density at radius 1 is 1.29 bits per heavy atom. The maximum absolute atomic E-state index is 11.6. The number of ether oxygens (including phenoxy) is 1. The number of piperidine rings is 1. The molecule has 0 bridgehead atoms. The lowest BCUT2D eigenvalue weighted by Gasteiger charge is -2.32. The third-order valence-corrected chi connectivity index (χ3v) is 3.63. The summed E-state index contributed by atoms with van der Waals surface area (Å²) in [5.41, 5.74) is 0. The van der Waals surface area contributed by atoms with Gasteiger partial charge in [-0.1, -0.05) is 6.42 Å². The fourth-order valence-electron chi connectivity index (χ4n) is 2.84. The Labute approximate surface area is 101 Å². The molecule has 2 aliphatic heterocycles. The van der Waals surface area contributed by atoms with Gasteiger partial charge in [0.15, 0.2) is 0 Å². The highest BCUT2D eigenvalue weighted by Gasteiger charge is 2.37. The van der Waals surface area contributed by atoms with Crippen LogP contribution in [0.1, 0.15) is 32.6 Å². The summed E-state index contributed by atoms with van der Waals surface area (Å²) in [4.78, 5) is 25.2. The van der Waals surface area contributed by atoms with Crippen LogP contribution in [0, 0.1) is 0 Å². The van der Waals surface area contributed by atoms with Crippen molar-refractivity contribution in [2.45, 2.75) is 44.7 Å². The normalized spacial score (nSPS) is 28.5. The predicted molar refractivity (Wildman–Crippen MR) is 62.4 cm³/mol. The molecular weight excluding hydrogens is 220 g/mol. The number of nitrogens with zero attached hydrogens (tertiary/aromatic N) is 1. The van der Waals surface area contributed by atoms with Crippen molar-refractivity contribution in [1.29, 1.82) is 0 Å². The highest BCUT2D eigenvalue weighted by Crippen LogP contribution is 2.26. The second-order valence-electron chi connectivity index (χ2n) is 4.69. The topological polar surface area (TPSA) is 58.6 Å². The van der Waals surface area contributed by atoms with Crippen LogP contribution in [-0.2, 0) is 14.3 Å². The monoisotopic (exact) mass is 240 g/mol. The van der Waals surface area contributed by atoms with E-state index in [0.29, 0.717) is 6.04 Å². The molecule has 96 valence electrons. The summed E-state index contributed by atoms with van der Waals surface area (Å²) in [5, 5.41) is 2.81. The summed E-state index contributed by atoms with van der Waals surface area (Å²) in [6, 6.07) is 0.536. The molecule has 0 aliphatic carbocycles. The number of hydrogen-bond acceptors (Lipinski definition) is 4. The van der Waals surface area contributed by atoms with E-state index in [-0.39, 0.29) is 12.6 Å². The lowest BCUT2D eigenvalue weighted by molar-refractivity contribution is -0.155. The van der Waals surface area contributed by atoms with E-state index in [9.17, 15) is 9.59 Å². The molecule has 2 atom stereocenters. The maximum Gasteiger partial charge on any atom is 0.396 e. The van der Waals surface area contributed by atoms with Gasteiger partial charge in [0, 0.05) is 18.6 Å². The van der Waals surface area contributed by atoms with Gasteiger partial charge < -0.3 is 10.1 Å². The average molecular weight is 240 g/mol. The van der Waals surface area contributed by atoms with Gasteiger partial charge >= 0.3 is 11.9 Å². The van der Waals surface area contributed by atoms with E-state index >= 15 is 0 Å². The average Bonchev–Trinajstić information content (AvgIpc) is 2.73. The first-order chi connectivity index (χ1) is 8.22. The number of amides is 1. The van der Waals surface area contributed by atoms with Crippen LogP contribution in [0.15, 0.2) is 0 Å². The van der Waals surface area contributed by atoms with E-state index in [0.717, 1.165) is 25.9 Å². The number of esters is 1. The van der Waals surface area contributed by atoms with Crippen LogP contribution >= 0.6 is 0 Å². The number of rotatable bonds is 2. The van der Waals surface area contributed by atoms with Crippen molar-refractivity contribution < 1.29 is 14.3 Å². The molecule has 1 amide bonds. The summed E-state index contributed by atoms with van der Waals surface area (Å²) in [6.45, 7) is 4.09. The Bertz CT molecular complexity index is 306. The molecule has 2 saturated heterocycles. The molecule has 2 fully saturated rings. The summed E-state index contributed by atoms with van der Waals surface area (Å²) < 4.78 is 4.69. The summed E-state index contributed by atoms with van der Waals surface area (Å²) >= 11 is 0. The second kappa shape index (κ2) is 5.49. The number of hydrogen-bond donors (Lipinski definition) is 1. The molecule has 2 rings (SSSR count). The molecule has 2 unspecified atom stereocenters. The van der Waals surface area contributed by atoms with Gasteiger partial charge in [-0.25, -0.2) is 4.79 Å². The minimum atomic E-state index is -0.762. The van der Waals surface area contributed by atoms with Crippen LogP contribution in [0.3, 0.4) is 0 Å². The van der Waals surface area contributed by atoms with Crippen molar-refractivity contribution in [2.75, 3.05) is 19.7 Å². The highest BCUT2D eigenvalue weighted by atomic mass is 16.5. The van der Waals surface area contributed by atoms with Crippen molar-refractivity contribution in [3.8, 4) is 0 Å². The maximum atomic E-state index is 11.6. The SMILES string of the molecule is CCOC(=O)C(=O)NC1CCN2CCCCC12. The van der Waals surface area contributed by atoms with E-state index in [2.05, 4.69) is 15.0 Å². The first-order valence-corrected chi connectivity index (χ1v) is 6.44. The lowest BCUT2D eigenvalue weighted by Crippen LogP contribution is -2.48. The van der Waals surface area contributed by atoms with E-state index < -0.39 is 11.9 Å². The van der Waals surface area contributed by atoms with Gasteiger partial charge in [-0.2, -0.15) is 0 Å². The van der Waals surface area contributed by atoms with Gasteiger partial charge in [0.05, 0.1) is 6.61 Å². The van der Waals surface area contributed by atoms with Gasteiger partial charge in [0.1, 0.15) is 0 Å². The standard InChI is InChI=1S/C12H20N2O3/c1-2-17-12(16)11(15)13-9-6-8-14-7-4-3-5-10(9)14/h9-10H,2-8H2,1H3,(H,13,15). The molecule has 0 spiro atoms. The fraction of sp³-hybridized carbons (Fsp3) is 0.833. The highest BCUT2D eigenvalue weighted by molar-refractivity contribution is 6.32. The van der Waals surface area contributed by atoms with Crippen LogP contribution in [0.25, 0.3) is 0 Å². The first kappa shape index (κ1) is 12.4. The number of fused-ring (bicyclic) bond motifs is 1. The Morgan fingerprint density at radius 2 is 2.12 bits per heavy atom.